The quantitative estimate of drug-likeness (QED) is 0.797. The first kappa shape index (κ1) is 21.4. The predicted molar refractivity (Wildman–Crippen MR) is 109 cm³/mol. The van der Waals surface area contributed by atoms with Crippen molar-refractivity contribution >= 4 is 28.2 Å². The second-order valence-electron chi connectivity index (χ2n) is 6.82. The Morgan fingerprint density at radius 1 is 1.15 bits per heavy atom. The van der Waals surface area contributed by atoms with Gasteiger partial charge in [0.05, 0.1) is 10.6 Å². The number of amides is 1. The molecule has 27 heavy (non-hydrogen) atoms. The summed E-state index contributed by atoms with van der Waals surface area (Å²) in [5, 5.41) is 6.42. The van der Waals surface area contributed by atoms with Crippen molar-refractivity contribution in [2.75, 3.05) is 6.54 Å². The van der Waals surface area contributed by atoms with Gasteiger partial charge in [0.15, 0.2) is 9.84 Å². The first-order chi connectivity index (χ1) is 12.4. The van der Waals surface area contributed by atoms with Gasteiger partial charge in [-0.05, 0) is 56.1 Å². The second-order valence-corrected chi connectivity index (χ2v) is 8.81. The number of benzene rings is 2. The number of halogens is 1. The zero-order valence-electron chi connectivity index (χ0n) is 15.2. The van der Waals surface area contributed by atoms with Crippen molar-refractivity contribution < 1.29 is 13.2 Å². The summed E-state index contributed by atoms with van der Waals surface area (Å²) >= 11 is 0. The van der Waals surface area contributed by atoms with Crippen LogP contribution in [0.25, 0.3) is 0 Å². The zero-order chi connectivity index (χ0) is 18.6. The fourth-order valence-corrected chi connectivity index (χ4v) is 4.62. The average Bonchev–Trinajstić information content (AvgIpc) is 2.62. The van der Waals surface area contributed by atoms with Gasteiger partial charge in [0.25, 0.3) is 5.91 Å². The highest BCUT2D eigenvalue weighted by molar-refractivity contribution is 7.90. The number of piperidine rings is 1. The molecule has 1 amide bonds. The molecule has 7 heteroatoms. The highest BCUT2D eigenvalue weighted by atomic mass is 35.5. The van der Waals surface area contributed by atoms with Gasteiger partial charge in [-0.3, -0.25) is 4.79 Å². The molecular formula is C20H25ClN2O3S. The molecule has 2 atom stereocenters. The van der Waals surface area contributed by atoms with E-state index in [-0.39, 0.29) is 30.1 Å². The first-order valence-corrected chi connectivity index (χ1v) is 10.5. The molecule has 1 fully saturated rings. The summed E-state index contributed by atoms with van der Waals surface area (Å²) in [4.78, 5) is 12.8. The molecule has 1 aliphatic heterocycles. The van der Waals surface area contributed by atoms with Crippen LogP contribution >= 0.6 is 12.4 Å². The smallest absolute Gasteiger partial charge is 0.251 e. The van der Waals surface area contributed by atoms with E-state index in [1.807, 2.05) is 0 Å². The molecule has 1 aliphatic rings. The number of carbonyl (C=O) groups is 1. The Bertz CT molecular complexity index is 872. The van der Waals surface area contributed by atoms with Crippen LogP contribution in [-0.2, 0) is 15.6 Å². The fraction of sp³-hybridized carbons (Fsp3) is 0.350. The zero-order valence-corrected chi connectivity index (χ0v) is 16.9. The van der Waals surface area contributed by atoms with Gasteiger partial charge in [0.2, 0.25) is 0 Å². The molecule has 1 saturated heterocycles. The van der Waals surface area contributed by atoms with Crippen molar-refractivity contribution in [2.24, 2.45) is 0 Å². The number of sulfone groups is 1. The van der Waals surface area contributed by atoms with Crippen LogP contribution < -0.4 is 10.6 Å². The van der Waals surface area contributed by atoms with E-state index < -0.39 is 9.84 Å². The van der Waals surface area contributed by atoms with Crippen molar-refractivity contribution in [3.63, 3.8) is 0 Å². The molecule has 1 heterocycles. The number of rotatable bonds is 5. The highest BCUT2D eigenvalue weighted by Crippen LogP contribution is 2.17. The van der Waals surface area contributed by atoms with Crippen LogP contribution in [0.3, 0.4) is 0 Å². The van der Waals surface area contributed by atoms with Crippen LogP contribution in [-0.4, -0.2) is 33.0 Å². The lowest BCUT2D eigenvalue weighted by molar-refractivity contribution is 0.0925. The molecular weight excluding hydrogens is 384 g/mol. The van der Waals surface area contributed by atoms with Crippen molar-refractivity contribution in [3.8, 4) is 0 Å². The Kier molecular flexibility index (Phi) is 7.41. The van der Waals surface area contributed by atoms with Gasteiger partial charge >= 0.3 is 0 Å². The maximum atomic E-state index is 12.5. The number of carbonyl (C=O) groups excluding carboxylic acids is 1. The Morgan fingerprint density at radius 3 is 2.59 bits per heavy atom. The minimum absolute atomic E-state index is 0. The maximum Gasteiger partial charge on any atom is 0.251 e. The summed E-state index contributed by atoms with van der Waals surface area (Å²) in [6.07, 6.45) is 1.80. The molecule has 0 aromatic heterocycles. The standard InChI is InChI=1S/C20H24N2O3S.ClH/c1-15-12-18(10-11-21-15)22-20(23)17-7-5-6-16(13-17)14-26(24,25)19-8-3-2-4-9-19;/h2-9,13,15,18,21H,10-12,14H2,1H3,(H,22,23);1H. The van der Waals surface area contributed by atoms with Gasteiger partial charge in [-0.2, -0.15) is 0 Å². The van der Waals surface area contributed by atoms with Crippen LogP contribution in [0.2, 0.25) is 0 Å². The van der Waals surface area contributed by atoms with Gasteiger partial charge in [-0.15, -0.1) is 12.4 Å². The Morgan fingerprint density at radius 2 is 1.89 bits per heavy atom. The summed E-state index contributed by atoms with van der Waals surface area (Å²) in [6, 6.07) is 15.8. The van der Waals surface area contributed by atoms with Crippen LogP contribution in [0.4, 0.5) is 0 Å². The topological polar surface area (TPSA) is 75.3 Å². The molecule has 0 spiro atoms. The fourth-order valence-electron chi connectivity index (χ4n) is 3.26. The van der Waals surface area contributed by atoms with Gasteiger partial charge < -0.3 is 10.6 Å². The molecule has 3 rings (SSSR count). The van der Waals surface area contributed by atoms with E-state index in [1.165, 1.54) is 0 Å². The lowest BCUT2D eigenvalue weighted by Gasteiger charge is -2.28. The first-order valence-electron chi connectivity index (χ1n) is 8.85. The summed E-state index contributed by atoms with van der Waals surface area (Å²) < 4.78 is 25.1. The molecule has 2 unspecified atom stereocenters. The third-order valence-corrected chi connectivity index (χ3v) is 6.31. The highest BCUT2D eigenvalue weighted by Gasteiger charge is 2.21. The third-order valence-electron chi connectivity index (χ3n) is 4.61. The SMILES string of the molecule is CC1CC(NC(=O)c2cccc(CS(=O)(=O)c3ccccc3)c2)CCN1.Cl. The minimum atomic E-state index is -3.43. The van der Waals surface area contributed by atoms with E-state index in [9.17, 15) is 13.2 Å². The summed E-state index contributed by atoms with van der Waals surface area (Å²) in [6.45, 7) is 2.99. The van der Waals surface area contributed by atoms with Gasteiger partial charge in [-0.1, -0.05) is 30.3 Å². The van der Waals surface area contributed by atoms with E-state index in [1.54, 1.807) is 54.6 Å². The predicted octanol–water partition coefficient (Wildman–Crippen LogP) is 2.95. The molecule has 0 saturated carbocycles. The number of nitrogens with one attached hydrogen (secondary N) is 2. The number of hydrogen-bond acceptors (Lipinski definition) is 4. The molecule has 5 nitrogen and oxygen atoms in total. The van der Waals surface area contributed by atoms with Gasteiger partial charge in [0.1, 0.15) is 0 Å². The van der Waals surface area contributed by atoms with Gasteiger partial charge in [0, 0.05) is 17.6 Å². The van der Waals surface area contributed by atoms with E-state index >= 15 is 0 Å². The molecule has 2 aromatic rings. The molecule has 0 radical (unpaired) electrons. The van der Waals surface area contributed by atoms with Crippen LogP contribution in [0.5, 0.6) is 0 Å². The lowest BCUT2D eigenvalue weighted by Crippen LogP contribution is -2.46. The van der Waals surface area contributed by atoms with Crippen LogP contribution in [0, 0.1) is 0 Å². The Labute approximate surface area is 166 Å². The lowest BCUT2D eigenvalue weighted by atomic mass is 10.00. The van der Waals surface area contributed by atoms with Crippen molar-refractivity contribution in [3.05, 3.63) is 65.7 Å². The average molecular weight is 409 g/mol. The monoisotopic (exact) mass is 408 g/mol. The van der Waals surface area contributed by atoms with E-state index in [0.717, 1.165) is 19.4 Å². The van der Waals surface area contributed by atoms with Crippen LogP contribution in [0.1, 0.15) is 35.7 Å². The van der Waals surface area contributed by atoms with Crippen molar-refractivity contribution in [2.45, 2.75) is 42.5 Å². The summed E-state index contributed by atoms with van der Waals surface area (Å²) in [7, 11) is -3.43. The van der Waals surface area contributed by atoms with Gasteiger partial charge in [-0.25, -0.2) is 8.42 Å². The molecule has 146 valence electrons. The van der Waals surface area contributed by atoms with Crippen LogP contribution in [0.15, 0.2) is 59.5 Å². The van der Waals surface area contributed by atoms with Crippen molar-refractivity contribution in [1.29, 1.82) is 0 Å². The second kappa shape index (κ2) is 9.35. The summed E-state index contributed by atoms with van der Waals surface area (Å²) in [5.41, 5.74) is 1.11. The Balaban J connectivity index is 0.00000261. The molecule has 0 aliphatic carbocycles. The van der Waals surface area contributed by atoms with Crippen molar-refractivity contribution in [1.82, 2.24) is 10.6 Å². The normalized spacial score (nSPS) is 19.7. The number of hydrogen-bond donors (Lipinski definition) is 2. The molecule has 2 aromatic carbocycles. The Hall–Kier alpha value is -1.89. The van der Waals surface area contributed by atoms with E-state index in [0.29, 0.717) is 22.1 Å². The maximum absolute atomic E-state index is 12.5. The third kappa shape index (κ3) is 5.79. The van der Waals surface area contributed by atoms with E-state index in [2.05, 4.69) is 17.6 Å². The summed E-state index contributed by atoms with van der Waals surface area (Å²) in [5.74, 6) is -0.272. The van der Waals surface area contributed by atoms with E-state index in [4.69, 9.17) is 0 Å². The largest absolute Gasteiger partial charge is 0.349 e. The molecule has 0 bridgehead atoms. The minimum Gasteiger partial charge on any atom is -0.349 e. The molecule has 2 N–H and O–H groups in total.